The number of aromatic nitrogens is 2. The molecule has 0 aliphatic rings. The van der Waals surface area contributed by atoms with E-state index in [9.17, 15) is 9.18 Å². The Bertz CT molecular complexity index is 267. The van der Waals surface area contributed by atoms with Gasteiger partial charge < -0.3 is 0 Å². The third-order valence-electron chi connectivity index (χ3n) is 1.25. The first-order chi connectivity index (χ1) is 4.66. The van der Waals surface area contributed by atoms with Crippen LogP contribution in [0.25, 0.3) is 0 Å². The molecule has 0 bridgehead atoms. The summed E-state index contributed by atoms with van der Waals surface area (Å²) in [4.78, 5) is 10.0. The van der Waals surface area contributed by atoms with Crippen LogP contribution in [-0.4, -0.2) is 16.1 Å². The Balaban J connectivity index is 3.33. The molecule has 0 aliphatic carbocycles. The molecular weight excluding hydrogens is 135 g/mol. The Kier molecular flexibility index (Phi) is 1.53. The van der Waals surface area contributed by atoms with Crippen molar-refractivity contribution < 1.29 is 9.18 Å². The van der Waals surface area contributed by atoms with Crippen LogP contribution >= 0.6 is 0 Å². The van der Waals surface area contributed by atoms with Crippen LogP contribution in [0.5, 0.6) is 0 Å². The lowest BCUT2D eigenvalue weighted by Gasteiger charge is -1.85. The van der Waals surface area contributed by atoms with Crippen LogP contribution in [0.1, 0.15) is 11.3 Å². The standard InChI is InChI=1S/C6H6FN2O/c1-4-5(3-10)6(7)9(2)8-4/h1-2H3. The topological polar surface area (TPSA) is 34.9 Å². The molecule has 0 spiro atoms. The fraction of sp³-hybridized carbons (Fsp3) is 0.333. The summed E-state index contributed by atoms with van der Waals surface area (Å²) < 4.78 is 13.7. The van der Waals surface area contributed by atoms with Crippen LogP contribution in [0.4, 0.5) is 4.39 Å². The van der Waals surface area contributed by atoms with E-state index in [4.69, 9.17) is 0 Å². The Morgan fingerprint density at radius 1 is 1.70 bits per heavy atom. The lowest BCUT2D eigenvalue weighted by atomic mass is 10.3. The molecule has 0 saturated heterocycles. The zero-order valence-corrected chi connectivity index (χ0v) is 5.68. The van der Waals surface area contributed by atoms with E-state index in [1.807, 2.05) is 0 Å². The minimum atomic E-state index is -0.632. The summed E-state index contributed by atoms with van der Waals surface area (Å²) in [5, 5.41) is 3.66. The first-order valence-corrected chi connectivity index (χ1v) is 2.74. The summed E-state index contributed by atoms with van der Waals surface area (Å²) in [6.07, 6.45) is 1.48. The Hall–Kier alpha value is -1.19. The van der Waals surface area contributed by atoms with Gasteiger partial charge in [0.25, 0.3) is 0 Å². The summed E-state index contributed by atoms with van der Waals surface area (Å²) >= 11 is 0. The highest BCUT2D eigenvalue weighted by Gasteiger charge is 2.11. The largest absolute Gasteiger partial charge is 0.285 e. The molecule has 1 rings (SSSR count). The predicted octanol–water partition coefficient (Wildman–Crippen LogP) is 0.325. The Labute approximate surface area is 57.5 Å². The van der Waals surface area contributed by atoms with Crippen LogP contribution in [0, 0.1) is 12.9 Å². The van der Waals surface area contributed by atoms with E-state index in [-0.39, 0.29) is 5.56 Å². The molecule has 0 atom stereocenters. The van der Waals surface area contributed by atoms with Crippen LogP contribution in [0.3, 0.4) is 0 Å². The molecule has 3 nitrogen and oxygen atoms in total. The summed E-state index contributed by atoms with van der Waals surface area (Å²) in [5.41, 5.74) is 0.289. The second-order valence-corrected chi connectivity index (χ2v) is 1.98. The molecule has 1 radical (unpaired) electrons. The van der Waals surface area contributed by atoms with E-state index in [1.165, 1.54) is 13.3 Å². The fourth-order valence-corrected chi connectivity index (χ4v) is 0.746. The summed E-state index contributed by atoms with van der Waals surface area (Å²) in [7, 11) is 1.43. The van der Waals surface area contributed by atoms with Gasteiger partial charge in [-0.2, -0.15) is 9.49 Å². The molecule has 1 aromatic rings. The molecule has 10 heavy (non-hydrogen) atoms. The molecule has 0 unspecified atom stereocenters. The Morgan fingerprint density at radius 2 is 2.30 bits per heavy atom. The summed E-state index contributed by atoms with van der Waals surface area (Å²) in [6.45, 7) is 1.56. The maximum Gasteiger partial charge on any atom is 0.240 e. The predicted molar refractivity (Wildman–Crippen MR) is 32.7 cm³/mol. The van der Waals surface area contributed by atoms with Gasteiger partial charge in [0.1, 0.15) is 5.56 Å². The highest BCUT2D eigenvalue weighted by Crippen LogP contribution is 2.06. The molecular formula is C6H6FN2O. The van der Waals surface area contributed by atoms with Gasteiger partial charge in [0.2, 0.25) is 12.2 Å². The van der Waals surface area contributed by atoms with Gasteiger partial charge in [-0.3, -0.25) is 4.79 Å². The molecule has 0 aromatic carbocycles. The summed E-state index contributed by atoms with van der Waals surface area (Å²) in [6, 6.07) is 0. The number of halogens is 1. The lowest BCUT2D eigenvalue weighted by Crippen LogP contribution is -1.94. The van der Waals surface area contributed by atoms with Crippen molar-refractivity contribution in [2.45, 2.75) is 6.92 Å². The van der Waals surface area contributed by atoms with Crippen LogP contribution in [-0.2, 0) is 11.8 Å². The van der Waals surface area contributed by atoms with Gasteiger partial charge in [-0.25, -0.2) is 4.68 Å². The van der Waals surface area contributed by atoms with Crippen molar-refractivity contribution in [3.05, 3.63) is 17.2 Å². The first kappa shape index (κ1) is 6.92. The average molecular weight is 141 g/mol. The van der Waals surface area contributed by atoms with Crippen molar-refractivity contribution >= 4 is 6.29 Å². The molecule has 1 aromatic heterocycles. The average Bonchev–Trinajstić information content (AvgIpc) is 2.09. The smallest absolute Gasteiger partial charge is 0.240 e. The van der Waals surface area contributed by atoms with Crippen molar-refractivity contribution in [2.75, 3.05) is 0 Å². The third kappa shape index (κ3) is 0.814. The van der Waals surface area contributed by atoms with Crippen LogP contribution < -0.4 is 0 Å². The minimum Gasteiger partial charge on any atom is -0.285 e. The molecule has 1 heterocycles. The molecule has 4 heteroatoms. The number of hydrogen-bond acceptors (Lipinski definition) is 2. The van der Waals surface area contributed by atoms with Crippen LogP contribution in [0.2, 0.25) is 0 Å². The molecule has 0 N–H and O–H groups in total. The maximum absolute atomic E-state index is 12.7. The normalized spacial score (nSPS) is 9.90. The second kappa shape index (κ2) is 2.21. The van der Waals surface area contributed by atoms with E-state index in [0.29, 0.717) is 5.69 Å². The van der Waals surface area contributed by atoms with Crippen LogP contribution in [0.15, 0.2) is 0 Å². The van der Waals surface area contributed by atoms with Gasteiger partial charge in [0.05, 0.1) is 5.69 Å². The molecule has 53 valence electrons. The molecule has 0 fully saturated rings. The van der Waals surface area contributed by atoms with Gasteiger partial charge in [-0.05, 0) is 6.92 Å². The van der Waals surface area contributed by atoms with Crippen molar-refractivity contribution in [1.29, 1.82) is 0 Å². The summed E-state index contributed by atoms with van der Waals surface area (Å²) in [5.74, 6) is -0.632. The lowest BCUT2D eigenvalue weighted by molar-refractivity contribution is 0.498. The molecule has 0 amide bonds. The number of nitrogens with zero attached hydrogens (tertiary/aromatic N) is 2. The number of hydrogen-bond donors (Lipinski definition) is 0. The van der Waals surface area contributed by atoms with Gasteiger partial charge in [-0.1, -0.05) is 0 Å². The van der Waals surface area contributed by atoms with E-state index in [1.54, 1.807) is 6.92 Å². The number of rotatable bonds is 1. The minimum absolute atomic E-state index is 0.0810. The van der Waals surface area contributed by atoms with E-state index in [2.05, 4.69) is 5.10 Å². The van der Waals surface area contributed by atoms with Gasteiger partial charge >= 0.3 is 0 Å². The zero-order valence-electron chi connectivity index (χ0n) is 5.68. The highest BCUT2D eigenvalue weighted by atomic mass is 19.1. The molecule has 0 aliphatic heterocycles. The SMILES string of the molecule is Cc1nn(C)c(F)c1[C]=O. The zero-order chi connectivity index (χ0) is 7.72. The van der Waals surface area contributed by atoms with Crippen molar-refractivity contribution in [3.8, 4) is 0 Å². The number of carbonyl (C=O) groups excluding carboxylic acids is 1. The highest BCUT2D eigenvalue weighted by molar-refractivity contribution is 5.76. The van der Waals surface area contributed by atoms with E-state index in [0.717, 1.165) is 4.68 Å². The number of aryl methyl sites for hydroxylation is 2. The quantitative estimate of drug-likeness (QED) is 0.564. The van der Waals surface area contributed by atoms with Gasteiger partial charge in [-0.15, -0.1) is 0 Å². The van der Waals surface area contributed by atoms with E-state index >= 15 is 0 Å². The first-order valence-electron chi connectivity index (χ1n) is 2.74. The second-order valence-electron chi connectivity index (χ2n) is 1.98. The van der Waals surface area contributed by atoms with Crippen molar-refractivity contribution in [3.63, 3.8) is 0 Å². The van der Waals surface area contributed by atoms with Gasteiger partial charge in [0.15, 0.2) is 0 Å². The fourth-order valence-electron chi connectivity index (χ4n) is 0.746. The third-order valence-corrected chi connectivity index (χ3v) is 1.25. The molecule has 0 saturated carbocycles. The van der Waals surface area contributed by atoms with E-state index < -0.39 is 5.95 Å². The van der Waals surface area contributed by atoms with Crippen molar-refractivity contribution in [2.24, 2.45) is 7.05 Å². The Morgan fingerprint density at radius 3 is 2.50 bits per heavy atom. The van der Waals surface area contributed by atoms with Gasteiger partial charge in [0, 0.05) is 7.05 Å². The van der Waals surface area contributed by atoms with Crippen molar-refractivity contribution in [1.82, 2.24) is 9.78 Å². The maximum atomic E-state index is 12.7. The monoisotopic (exact) mass is 141 g/mol.